The Kier molecular flexibility index (Phi) is 5.63. The number of nitriles is 1. The van der Waals surface area contributed by atoms with E-state index in [9.17, 15) is 14.9 Å². The predicted molar refractivity (Wildman–Crippen MR) is 109 cm³/mol. The fraction of sp³-hybridized carbons (Fsp3) is 0.409. The number of rotatable bonds is 7. The maximum atomic E-state index is 12.5. The number of hydrogen-bond donors (Lipinski definition) is 2. The van der Waals surface area contributed by atoms with Crippen molar-refractivity contribution in [1.29, 1.82) is 5.26 Å². The molecule has 2 heterocycles. The summed E-state index contributed by atoms with van der Waals surface area (Å²) in [5, 5.41) is 16.2. The lowest BCUT2D eigenvalue weighted by molar-refractivity contribution is -0.121. The number of nitrogens with one attached hydrogen (secondary N) is 2. The van der Waals surface area contributed by atoms with Crippen LogP contribution in [-0.4, -0.2) is 41.7 Å². The smallest absolute Gasteiger partial charge is 0.262 e. The molecule has 1 saturated carbocycles. The first kappa shape index (κ1) is 19.2. The number of aromatic nitrogens is 1. The second kappa shape index (κ2) is 8.50. The van der Waals surface area contributed by atoms with Gasteiger partial charge in [0.1, 0.15) is 18.2 Å². The Bertz CT molecular complexity index is 991. The molecule has 0 bridgehead atoms. The van der Waals surface area contributed by atoms with Gasteiger partial charge in [-0.15, -0.1) is 0 Å². The molecule has 0 radical (unpaired) electrons. The lowest BCUT2D eigenvalue weighted by Crippen LogP contribution is -2.32. The summed E-state index contributed by atoms with van der Waals surface area (Å²) in [6.07, 6.45) is 7.42. The summed E-state index contributed by atoms with van der Waals surface area (Å²) in [7, 11) is 0. The van der Waals surface area contributed by atoms with Gasteiger partial charge in [0.05, 0.1) is 6.10 Å². The number of benzene rings is 1. The third-order valence-corrected chi connectivity index (χ3v) is 5.26. The molecule has 7 nitrogen and oxygen atoms in total. The molecule has 1 aliphatic heterocycles. The summed E-state index contributed by atoms with van der Waals surface area (Å²) in [4.78, 5) is 24.7. The monoisotopic (exact) mass is 392 g/mol. The van der Waals surface area contributed by atoms with Crippen LogP contribution in [0.2, 0.25) is 0 Å². The SMILES string of the molecule is N#C/C(=C\c1cn(CC(=O)NC2CC2)c2ccccc12)C(=O)NC[C@@H]1CCCO1. The van der Waals surface area contributed by atoms with Gasteiger partial charge in [-0.25, -0.2) is 0 Å². The van der Waals surface area contributed by atoms with E-state index in [4.69, 9.17) is 4.74 Å². The minimum Gasteiger partial charge on any atom is -0.376 e. The fourth-order valence-electron chi connectivity index (χ4n) is 3.59. The Morgan fingerprint density at radius 1 is 1.28 bits per heavy atom. The first-order chi connectivity index (χ1) is 14.1. The zero-order valence-electron chi connectivity index (χ0n) is 16.2. The van der Waals surface area contributed by atoms with Crippen LogP contribution >= 0.6 is 0 Å². The first-order valence-electron chi connectivity index (χ1n) is 10.0. The topological polar surface area (TPSA) is 96.2 Å². The van der Waals surface area contributed by atoms with E-state index in [1.807, 2.05) is 41.1 Å². The minimum atomic E-state index is -0.411. The van der Waals surface area contributed by atoms with Gasteiger partial charge >= 0.3 is 0 Å². The van der Waals surface area contributed by atoms with Crippen molar-refractivity contribution in [3.63, 3.8) is 0 Å². The number of ether oxygens (including phenoxy) is 1. The van der Waals surface area contributed by atoms with E-state index in [2.05, 4.69) is 10.6 Å². The van der Waals surface area contributed by atoms with Crippen LogP contribution in [0.15, 0.2) is 36.0 Å². The van der Waals surface area contributed by atoms with Crippen LogP contribution < -0.4 is 10.6 Å². The van der Waals surface area contributed by atoms with Crippen molar-refractivity contribution in [2.45, 2.75) is 44.4 Å². The number of hydrogen-bond acceptors (Lipinski definition) is 4. The van der Waals surface area contributed by atoms with E-state index >= 15 is 0 Å². The molecular formula is C22H24N4O3. The molecule has 1 atom stereocenters. The minimum absolute atomic E-state index is 0.0192. The van der Waals surface area contributed by atoms with Gasteiger partial charge in [0.2, 0.25) is 5.91 Å². The van der Waals surface area contributed by atoms with Gasteiger partial charge in [-0.05, 0) is 37.8 Å². The molecule has 7 heteroatoms. The molecule has 2 amide bonds. The number of nitrogens with zero attached hydrogens (tertiary/aromatic N) is 2. The predicted octanol–water partition coefficient (Wildman–Crippen LogP) is 2.12. The van der Waals surface area contributed by atoms with E-state index in [1.54, 1.807) is 6.08 Å². The van der Waals surface area contributed by atoms with Gasteiger partial charge in [-0.2, -0.15) is 5.26 Å². The van der Waals surface area contributed by atoms with Crippen LogP contribution in [0.3, 0.4) is 0 Å². The second-order valence-electron chi connectivity index (χ2n) is 7.59. The number of amides is 2. The molecule has 0 unspecified atom stereocenters. The molecule has 29 heavy (non-hydrogen) atoms. The van der Waals surface area contributed by atoms with Crippen molar-refractivity contribution in [2.24, 2.45) is 0 Å². The average Bonchev–Trinajstić information content (AvgIpc) is 3.25. The standard InChI is InChI=1S/C22H24N4O3/c23-11-15(22(28)24-12-18-4-3-9-29-18)10-16-13-26(14-21(27)25-17-7-8-17)20-6-2-1-5-19(16)20/h1-2,5-6,10,13,17-18H,3-4,7-9,12,14H2,(H,24,28)(H,25,27)/b15-10+/t18-/m0/s1. The highest BCUT2D eigenvalue weighted by Crippen LogP contribution is 2.24. The van der Waals surface area contributed by atoms with Gasteiger partial charge < -0.3 is 19.9 Å². The Morgan fingerprint density at radius 2 is 2.10 bits per heavy atom. The van der Waals surface area contributed by atoms with E-state index in [0.717, 1.165) is 48.8 Å². The summed E-state index contributed by atoms with van der Waals surface area (Å²) in [5.74, 6) is -0.440. The first-order valence-corrected chi connectivity index (χ1v) is 10.0. The van der Waals surface area contributed by atoms with Gasteiger partial charge in [0.15, 0.2) is 0 Å². The van der Waals surface area contributed by atoms with Crippen molar-refractivity contribution in [1.82, 2.24) is 15.2 Å². The summed E-state index contributed by atoms with van der Waals surface area (Å²) in [5.41, 5.74) is 1.67. The van der Waals surface area contributed by atoms with Crippen molar-refractivity contribution >= 4 is 28.8 Å². The Morgan fingerprint density at radius 3 is 2.83 bits per heavy atom. The number of para-hydroxylation sites is 1. The Labute approximate surface area is 169 Å². The van der Waals surface area contributed by atoms with E-state index in [1.165, 1.54) is 0 Å². The molecule has 4 rings (SSSR count). The highest BCUT2D eigenvalue weighted by Gasteiger charge is 2.23. The summed E-state index contributed by atoms with van der Waals surface area (Å²) in [6.45, 7) is 1.33. The lowest BCUT2D eigenvalue weighted by Gasteiger charge is -2.10. The van der Waals surface area contributed by atoms with Crippen LogP contribution in [0.25, 0.3) is 17.0 Å². The van der Waals surface area contributed by atoms with Gasteiger partial charge in [-0.3, -0.25) is 9.59 Å². The van der Waals surface area contributed by atoms with Gasteiger partial charge in [0, 0.05) is 41.9 Å². The van der Waals surface area contributed by atoms with Crippen LogP contribution in [0.5, 0.6) is 0 Å². The van der Waals surface area contributed by atoms with Crippen LogP contribution in [-0.2, 0) is 20.9 Å². The van der Waals surface area contributed by atoms with E-state index < -0.39 is 5.91 Å². The molecule has 2 fully saturated rings. The second-order valence-corrected chi connectivity index (χ2v) is 7.59. The number of carbonyl (C=O) groups excluding carboxylic acids is 2. The van der Waals surface area contributed by atoms with Gasteiger partial charge in [0.25, 0.3) is 5.91 Å². The van der Waals surface area contributed by atoms with Crippen molar-refractivity contribution in [3.05, 3.63) is 41.6 Å². The largest absolute Gasteiger partial charge is 0.376 e. The molecule has 2 aliphatic rings. The summed E-state index contributed by atoms with van der Waals surface area (Å²) in [6, 6.07) is 9.97. The van der Waals surface area contributed by atoms with Crippen LogP contribution in [0, 0.1) is 11.3 Å². The zero-order valence-corrected chi connectivity index (χ0v) is 16.2. The highest BCUT2D eigenvalue weighted by atomic mass is 16.5. The number of carbonyl (C=O) groups is 2. The molecule has 2 aromatic rings. The highest BCUT2D eigenvalue weighted by molar-refractivity contribution is 6.04. The Hall–Kier alpha value is -3.11. The normalized spacial score (nSPS) is 19.1. The zero-order chi connectivity index (χ0) is 20.2. The van der Waals surface area contributed by atoms with E-state index in [-0.39, 0.29) is 24.1 Å². The molecule has 0 spiro atoms. The summed E-state index contributed by atoms with van der Waals surface area (Å²) >= 11 is 0. The fourth-order valence-corrected chi connectivity index (χ4v) is 3.59. The lowest BCUT2D eigenvalue weighted by atomic mass is 10.1. The van der Waals surface area contributed by atoms with Crippen molar-refractivity contribution < 1.29 is 14.3 Å². The number of fused-ring (bicyclic) bond motifs is 1. The molecule has 1 aromatic carbocycles. The molecular weight excluding hydrogens is 368 g/mol. The maximum Gasteiger partial charge on any atom is 0.262 e. The third kappa shape index (κ3) is 4.66. The molecule has 1 aliphatic carbocycles. The maximum absolute atomic E-state index is 12.5. The van der Waals surface area contributed by atoms with E-state index in [0.29, 0.717) is 12.6 Å². The molecule has 1 saturated heterocycles. The molecule has 1 aromatic heterocycles. The van der Waals surface area contributed by atoms with Crippen LogP contribution in [0.4, 0.5) is 0 Å². The molecule has 150 valence electrons. The van der Waals surface area contributed by atoms with Gasteiger partial charge in [-0.1, -0.05) is 18.2 Å². The quantitative estimate of drug-likeness (QED) is 0.557. The summed E-state index contributed by atoms with van der Waals surface area (Å²) < 4.78 is 7.37. The average molecular weight is 392 g/mol. The van der Waals surface area contributed by atoms with Crippen molar-refractivity contribution in [2.75, 3.05) is 13.2 Å². The molecule has 2 N–H and O–H groups in total. The third-order valence-electron chi connectivity index (χ3n) is 5.26. The Balaban J connectivity index is 1.54. The van der Waals surface area contributed by atoms with Crippen molar-refractivity contribution in [3.8, 4) is 6.07 Å². The van der Waals surface area contributed by atoms with Crippen LogP contribution in [0.1, 0.15) is 31.2 Å².